The van der Waals surface area contributed by atoms with Crippen molar-refractivity contribution in [2.24, 2.45) is 17.3 Å². The van der Waals surface area contributed by atoms with E-state index in [-0.39, 0.29) is 5.41 Å². The fraction of sp³-hybridized carbons (Fsp3) is 0.571. The minimum Gasteiger partial charge on any atom is -0.372 e. The Labute approximate surface area is 188 Å². The predicted molar refractivity (Wildman–Crippen MR) is 126 cm³/mol. The van der Waals surface area contributed by atoms with Crippen molar-refractivity contribution < 1.29 is 14.2 Å². The molecule has 3 nitrogen and oxygen atoms in total. The summed E-state index contributed by atoms with van der Waals surface area (Å²) in [5.74, 6) is 0.693. The van der Waals surface area contributed by atoms with Gasteiger partial charge in [-0.25, -0.2) is 0 Å². The van der Waals surface area contributed by atoms with Gasteiger partial charge in [-0.1, -0.05) is 62.1 Å². The summed E-state index contributed by atoms with van der Waals surface area (Å²) in [4.78, 5) is 0. The molecular formula is C28H38O3. The zero-order chi connectivity index (χ0) is 21.7. The quantitative estimate of drug-likeness (QED) is 0.419. The smallest absolute Gasteiger partial charge is 0.174 e. The highest BCUT2D eigenvalue weighted by Crippen LogP contribution is 2.60. The summed E-state index contributed by atoms with van der Waals surface area (Å²) >= 11 is 0. The molecule has 1 unspecified atom stereocenters. The summed E-state index contributed by atoms with van der Waals surface area (Å²) < 4.78 is 18.7. The SMILES string of the molecule is C=C(COCc1ccccc1)C1=CCCC1C[C@]1(C)[C@@H](C/C=C\C)CCC12OCCO2. The third-order valence-corrected chi connectivity index (χ3v) is 7.79. The van der Waals surface area contributed by atoms with E-state index in [0.717, 1.165) is 44.5 Å². The molecule has 0 N–H and O–H groups in total. The van der Waals surface area contributed by atoms with Gasteiger partial charge in [0.15, 0.2) is 5.79 Å². The molecule has 0 radical (unpaired) electrons. The largest absolute Gasteiger partial charge is 0.372 e. The summed E-state index contributed by atoms with van der Waals surface area (Å²) in [5.41, 5.74) is 3.75. The molecule has 168 valence electrons. The number of hydrogen-bond acceptors (Lipinski definition) is 3. The number of ether oxygens (including phenoxy) is 3. The molecule has 4 rings (SSSR count). The average Bonchev–Trinajstić information content (AvgIpc) is 3.50. The molecule has 0 amide bonds. The van der Waals surface area contributed by atoms with Crippen LogP contribution in [0.15, 0.2) is 66.3 Å². The first-order valence-electron chi connectivity index (χ1n) is 12.0. The summed E-state index contributed by atoms with van der Waals surface area (Å²) in [7, 11) is 0. The van der Waals surface area contributed by atoms with E-state index in [1.807, 2.05) is 6.07 Å². The molecule has 31 heavy (non-hydrogen) atoms. The van der Waals surface area contributed by atoms with Crippen LogP contribution in [0.25, 0.3) is 0 Å². The van der Waals surface area contributed by atoms with Crippen LogP contribution >= 0.6 is 0 Å². The number of rotatable bonds is 9. The van der Waals surface area contributed by atoms with Gasteiger partial charge >= 0.3 is 0 Å². The van der Waals surface area contributed by atoms with Crippen molar-refractivity contribution in [2.45, 2.75) is 64.8 Å². The van der Waals surface area contributed by atoms with Crippen LogP contribution in [0.4, 0.5) is 0 Å². The Bertz CT molecular complexity index is 803. The Kier molecular flexibility index (Phi) is 7.15. The highest BCUT2D eigenvalue weighted by atomic mass is 16.7. The summed E-state index contributed by atoms with van der Waals surface area (Å²) in [5, 5.41) is 0. The first-order valence-corrected chi connectivity index (χ1v) is 12.0. The Morgan fingerprint density at radius 1 is 1.19 bits per heavy atom. The predicted octanol–water partition coefficient (Wildman–Crippen LogP) is 6.61. The molecule has 3 atom stereocenters. The van der Waals surface area contributed by atoms with E-state index >= 15 is 0 Å². The van der Waals surface area contributed by atoms with Crippen molar-refractivity contribution in [3.63, 3.8) is 0 Å². The van der Waals surface area contributed by atoms with Gasteiger partial charge < -0.3 is 14.2 Å². The molecule has 1 aromatic carbocycles. The fourth-order valence-corrected chi connectivity index (χ4v) is 6.08. The van der Waals surface area contributed by atoms with Gasteiger partial charge in [0.05, 0.1) is 26.4 Å². The summed E-state index contributed by atoms with van der Waals surface area (Å²) in [6.07, 6.45) is 13.6. The first kappa shape index (κ1) is 22.5. The standard InChI is InChI=1S/C28H38O3/c1-4-5-13-25-15-16-28(30-17-18-31-28)27(25,3)19-24-12-9-14-26(24)22(2)20-29-21-23-10-7-6-8-11-23/h4-8,10-11,14,24-25H,2,9,12-13,15-21H2,1,3H3/b5-4-/t24?,25-,27+/m0/s1. The van der Waals surface area contributed by atoms with E-state index in [1.165, 1.54) is 24.0 Å². The maximum absolute atomic E-state index is 6.33. The summed E-state index contributed by atoms with van der Waals surface area (Å²) in [6, 6.07) is 10.4. The molecule has 0 bridgehead atoms. The molecule has 3 heteroatoms. The van der Waals surface area contributed by atoms with Crippen molar-refractivity contribution in [3.8, 4) is 0 Å². The van der Waals surface area contributed by atoms with Crippen molar-refractivity contribution in [1.82, 2.24) is 0 Å². The second-order valence-corrected chi connectivity index (χ2v) is 9.63. The fourth-order valence-electron chi connectivity index (χ4n) is 6.08. The van der Waals surface area contributed by atoms with Crippen LogP contribution in [-0.4, -0.2) is 25.6 Å². The monoisotopic (exact) mass is 422 g/mol. The highest BCUT2D eigenvalue weighted by molar-refractivity contribution is 5.34. The molecule has 1 aromatic rings. The lowest BCUT2D eigenvalue weighted by molar-refractivity contribution is -0.228. The lowest BCUT2D eigenvalue weighted by Crippen LogP contribution is -2.47. The van der Waals surface area contributed by atoms with Gasteiger partial charge in [0, 0.05) is 11.8 Å². The number of benzene rings is 1. The molecule has 1 saturated carbocycles. The molecule has 2 aliphatic carbocycles. The molecule has 3 aliphatic rings. The van der Waals surface area contributed by atoms with E-state index in [9.17, 15) is 0 Å². The molecule has 0 aromatic heterocycles. The van der Waals surface area contributed by atoms with E-state index in [0.29, 0.717) is 25.0 Å². The Hall–Kier alpha value is -1.68. The molecule has 2 fully saturated rings. The third-order valence-electron chi connectivity index (χ3n) is 7.79. The zero-order valence-corrected chi connectivity index (χ0v) is 19.3. The van der Waals surface area contributed by atoms with Gasteiger partial charge in [-0.3, -0.25) is 0 Å². The van der Waals surface area contributed by atoms with E-state index in [1.54, 1.807) is 0 Å². The highest BCUT2D eigenvalue weighted by Gasteiger charge is 2.61. The van der Waals surface area contributed by atoms with E-state index in [4.69, 9.17) is 14.2 Å². The second-order valence-electron chi connectivity index (χ2n) is 9.63. The third kappa shape index (κ3) is 4.60. The van der Waals surface area contributed by atoms with Gasteiger partial charge in [0.2, 0.25) is 0 Å². The van der Waals surface area contributed by atoms with Gasteiger partial charge in [0.25, 0.3) is 0 Å². The van der Waals surface area contributed by atoms with Gasteiger partial charge in [-0.15, -0.1) is 0 Å². The van der Waals surface area contributed by atoms with Crippen molar-refractivity contribution in [1.29, 1.82) is 0 Å². The van der Waals surface area contributed by atoms with Crippen LogP contribution in [0.5, 0.6) is 0 Å². The number of hydrogen-bond donors (Lipinski definition) is 0. The first-order chi connectivity index (χ1) is 15.1. The van der Waals surface area contributed by atoms with Crippen LogP contribution < -0.4 is 0 Å². The molecule has 1 heterocycles. The Morgan fingerprint density at radius 3 is 2.71 bits per heavy atom. The van der Waals surface area contributed by atoms with E-state index in [2.05, 4.69) is 62.9 Å². The van der Waals surface area contributed by atoms with Crippen molar-refractivity contribution in [2.75, 3.05) is 19.8 Å². The minimum atomic E-state index is -0.405. The van der Waals surface area contributed by atoms with Crippen molar-refractivity contribution in [3.05, 3.63) is 71.8 Å². The van der Waals surface area contributed by atoms with Crippen LogP contribution in [0, 0.1) is 17.3 Å². The Morgan fingerprint density at radius 2 is 1.97 bits per heavy atom. The zero-order valence-electron chi connectivity index (χ0n) is 19.3. The summed E-state index contributed by atoms with van der Waals surface area (Å²) in [6.45, 7) is 11.6. The lowest BCUT2D eigenvalue weighted by Gasteiger charge is -2.44. The van der Waals surface area contributed by atoms with E-state index < -0.39 is 5.79 Å². The molecule has 1 aliphatic heterocycles. The van der Waals surface area contributed by atoms with Gasteiger partial charge in [-0.2, -0.15) is 0 Å². The average molecular weight is 423 g/mol. The van der Waals surface area contributed by atoms with Crippen LogP contribution in [0.2, 0.25) is 0 Å². The normalized spacial score (nSPS) is 29.8. The number of allylic oxidation sites excluding steroid dienone is 3. The molecule has 1 saturated heterocycles. The van der Waals surface area contributed by atoms with Crippen LogP contribution in [0.1, 0.15) is 57.9 Å². The van der Waals surface area contributed by atoms with Crippen LogP contribution in [0.3, 0.4) is 0 Å². The maximum Gasteiger partial charge on any atom is 0.174 e. The Balaban J connectivity index is 1.42. The van der Waals surface area contributed by atoms with Gasteiger partial charge in [0.1, 0.15) is 0 Å². The van der Waals surface area contributed by atoms with Crippen molar-refractivity contribution >= 4 is 0 Å². The van der Waals surface area contributed by atoms with Gasteiger partial charge in [-0.05, 0) is 67.6 Å². The minimum absolute atomic E-state index is 0.0162. The maximum atomic E-state index is 6.33. The lowest BCUT2D eigenvalue weighted by atomic mass is 9.67. The topological polar surface area (TPSA) is 27.7 Å². The second kappa shape index (κ2) is 9.85. The molecule has 1 spiro atoms. The van der Waals surface area contributed by atoms with Crippen LogP contribution in [-0.2, 0) is 20.8 Å². The molecular weight excluding hydrogens is 384 g/mol.